The van der Waals surface area contributed by atoms with Gasteiger partial charge in [-0.3, -0.25) is 28.8 Å². The molecule has 5 unspecified atom stereocenters. The molecule has 6 heterocycles. The minimum absolute atomic E-state index is 0.0122. The molecule has 3 aliphatic heterocycles. The second kappa shape index (κ2) is 20.7. The molecule has 3 N–H and O–H groups in total. The van der Waals surface area contributed by atoms with E-state index in [1.54, 1.807) is 54.3 Å². The lowest BCUT2D eigenvalue weighted by Gasteiger charge is -2.30. The van der Waals surface area contributed by atoms with Crippen LogP contribution in [0.5, 0.6) is 0 Å². The number of carbonyl (C=O) groups is 6. The van der Waals surface area contributed by atoms with Gasteiger partial charge < -0.3 is 30.7 Å². The molecule has 2 aromatic carbocycles. The van der Waals surface area contributed by atoms with E-state index < -0.39 is 15.7 Å². The Morgan fingerprint density at radius 2 is 1.24 bits per heavy atom. The summed E-state index contributed by atoms with van der Waals surface area (Å²) in [6, 6.07) is 26.0. The maximum atomic E-state index is 13.5. The van der Waals surface area contributed by atoms with Crippen molar-refractivity contribution >= 4 is 87.8 Å². The van der Waals surface area contributed by atoms with Crippen LogP contribution in [-0.2, 0) is 41.7 Å². The van der Waals surface area contributed by atoms with Gasteiger partial charge in [0.1, 0.15) is 15.1 Å². The number of carbonyl (C=O) groups excluding carboxylic acids is 6. The molecule has 18 heteroatoms. The summed E-state index contributed by atoms with van der Waals surface area (Å²) in [5, 5.41) is 9.19. The van der Waals surface area contributed by atoms with Crippen molar-refractivity contribution in [2.75, 3.05) is 35.8 Å². The summed E-state index contributed by atoms with van der Waals surface area (Å²) in [5.74, 6) is -1.19. The summed E-state index contributed by atoms with van der Waals surface area (Å²) in [5.41, 5.74) is 6.32. The number of pyridine rings is 3. The average Bonchev–Trinajstić information content (AvgIpc) is 3.32. The normalized spacial score (nSPS) is 18.6. The number of nitrogens with zero attached hydrogens (tertiary/aromatic N) is 6. The molecule has 0 aliphatic carbocycles. The number of amides is 6. The molecule has 0 fully saturated rings. The van der Waals surface area contributed by atoms with Crippen molar-refractivity contribution in [1.82, 2.24) is 30.9 Å². The van der Waals surface area contributed by atoms with Crippen LogP contribution in [0.1, 0.15) is 62.3 Å². The summed E-state index contributed by atoms with van der Waals surface area (Å²) in [6.07, 6.45) is 4.67. The van der Waals surface area contributed by atoms with Crippen molar-refractivity contribution in [2.24, 2.45) is 0 Å². The predicted octanol–water partition coefficient (Wildman–Crippen LogP) is 6.35. The Morgan fingerprint density at radius 3 is 1.94 bits per heavy atom. The Bertz CT molecular complexity index is 2730. The number of aromatic nitrogens is 3. The molecule has 15 nitrogen and oxygen atoms in total. The number of hydrogen-bond acceptors (Lipinski definition) is 12. The van der Waals surface area contributed by atoms with Crippen LogP contribution in [0.2, 0.25) is 0 Å². The first-order chi connectivity index (χ1) is 32.2. The Balaban J connectivity index is 0.825. The Morgan fingerprint density at radius 1 is 0.627 bits per heavy atom. The lowest BCUT2D eigenvalue weighted by molar-refractivity contribution is -0.125. The number of benzene rings is 2. The average molecular weight is 958 g/mol. The van der Waals surface area contributed by atoms with Gasteiger partial charge in [-0.05, 0) is 79.8 Å². The molecule has 3 aliphatic rings. The minimum Gasteiger partial charge on any atom is -0.354 e. The highest BCUT2D eigenvalue weighted by atomic mass is 32.2. The van der Waals surface area contributed by atoms with Gasteiger partial charge in [-0.1, -0.05) is 83.8 Å². The molecule has 0 bridgehead atoms. The molecule has 8 rings (SSSR count). The summed E-state index contributed by atoms with van der Waals surface area (Å²) in [6.45, 7) is 4.20. The highest BCUT2D eigenvalue weighted by Crippen LogP contribution is 2.42. The number of thioether (sulfide) groups is 3. The first-order valence-electron chi connectivity index (χ1n) is 22.0. The Kier molecular flexibility index (Phi) is 14.6. The molecule has 5 atom stereocenters. The van der Waals surface area contributed by atoms with Crippen molar-refractivity contribution in [3.05, 3.63) is 114 Å². The van der Waals surface area contributed by atoms with Crippen LogP contribution >= 0.6 is 35.3 Å². The molecule has 0 saturated heterocycles. The van der Waals surface area contributed by atoms with Gasteiger partial charge in [0, 0.05) is 70.9 Å². The van der Waals surface area contributed by atoms with Crippen LogP contribution in [0.3, 0.4) is 0 Å². The lowest BCUT2D eigenvalue weighted by Crippen LogP contribution is -2.42. The van der Waals surface area contributed by atoms with E-state index in [0.717, 1.165) is 33.0 Å². The molecule has 67 heavy (non-hydrogen) atoms. The molecule has 3 aromatic heterocycles. The standard InChI is InChI=1S/C49H51N9O6S3/c1-28(16-17-31-21-37-45(52-27-31)66-38(49(64)58(37)5)23-41(59)51-26-30-11-7-6-8-12-30)53-42(60)24-40-48(63)57(4)36-19-18-34(55-46(36)67-40)33-14-9-13-32(22-33)29(2)54-43(61)25-39-47(62)56(3)35-15-10-20-50-44(35)65-39/h6-15,18-22,27-29,38-40H,16-17,23-26H2,1-5H3,(H,51,59)(H,53,60)(H,54,61). The third-order valence-corrected chi connectivity index (χ3v) is 15.5. The third-order valence-electron chi connectivity index (χ3n) is 11.9. The van der Waals surface area contributed by atoms with Crippen molar-refractivity contribution in [3.8, 4) is 11.3 Å². The van der Waals surface area contributed by atoms with Gasteiger partial charge in [0.15, 0.2) is 0 Å². The fourth-order valence-corrected chi connectivity index (χ4v) is 11.7. The van der Waals surface area contributed by atoms with Crippen LogP contribution in [-0.4, -0.2) is 93.3 Å². The van der Waals surface area contributed by atoms with Gasteiger partial charge in [0.2, 0.25) is 35.4 Å². The number of hydrogen-bond donors (Lipinski definition) is 3. The maximum Gasteiger partial charge on any atom is 0.240 e. The van der Waals surface area contributed by atoms with Gasteiger partial charge in [-0.2, -0.15) is 0 Å². The zero-order chi connectivity index (χ0) is 47.4. The summed E-state index contributed by atoms with van der Waals surface area (Å²) in [7, 11) is 5.08. The van der Waals surface area contributed by atoms with Crippen molar-refractivity contribution < 1.29 is 28.8 Å². The number of aryl methyl sites for hydroxylation is 1. The van der Waals surface area contributed by atoms with E-state index in [4.69, 9.17) is 4.98 Å². The second-order valence-electron chi connectivity index (χ2n) is 16.8. The topological polar surface area (TPSA) is 187 Å². The first-order valence-corrected chi connectivity index (χ1v) is 24.6. The first kappa shape index (κ1) is 47.3. The molecule has 0 spiro atoms. The molecule has 6 amide bonds. The van der Waals surface area contributed by atoms with E-state index in [0.29, 0.717) is 46.5 Å². The van der Waals surface area contributed by atoms with Crippen LogP contribution < -0.4 is 30.7 Å². The number of anilines is 3. The van der Waals surface area contributed by atoms with Crippen molar-refractivity contribution in [1.29, 1.82) is 0 Å². The van der Waals surface area contributed by atoms with Gasteiger partial charge in [0.05, 0.1) is 44.5 Å². The highest BCUT2D eigenvalue weighted by molar-refractivity contribution is 8.01. The van der Waals surface area contributed by atoms with E-state index in [1.165, 1.54) is 35.3 Å². The van der Waals surface area contributed by atoms with Crippen LogP contribution in [0.15, 0.2) is 112 Å². The van der Waals surface area contributed by atoms with Gasteiger partial charge >= 0.3 is 0 Å². The van der Waals surface area contributed by atoms with E-state index in [1.807, 2.05) is 92.7 Å². The summed E-state index contributed by atoms with van der Waals surface area (Å²) in [4.78, 5) is 97.8. The van der Waals surface area contributed by atoms with Crippen LogP contribution in [0.25, 0.3) is 11.3 Å². The number of fused-ring (bicyclic) bond motifs is 3. The third kappa shape index (κ3) is 11.0. The van der Waals surface area contributed by atoms with Crippen molar-refractivity contribution in [2.45, 2.75) is 95.4 Å². The molecule has 5 aromatic rings. The van der Waals surface area contributed by atoms with Crippen LogP contribution in [0.4, 0.5) is 17.1 Å². The summed E-state index contributed by atoms with van der Waals surface area (Å²) >= 11 is 3.87. The molecular formula is C49H51N9O6S3. The van der Waals surface area contributed by atoms with Gasteiger partial charge in [-0.15, -0.1) is 0 Å². The maximum absolute atomic E-state index is 13.5. The zero-order valence-electron chi connectivity index (χ0n) is 37.7. The number of rotatable bonds is 15. The molecular weight excluding hydrogens is 907 g/mol. The largest absolute Gasteiger partial charge is 0.354 e. The minimum atomic E-state index is -0.679. The molecule has 0 radical (unpaired) electrons. The zero-order valence-corrected chi connectivity index (χ0v) is 40.2. The quantitative estimate of drug-likeness (QED) is 0.106. The van der Waals surface area contributed by atoms with E-state index >= 15 is 0 Å². The molecule has 0 saturated carbocycles. The van der Waals surface area contributed by atoms with Crippen molar-refractivity contribution in [3.63, 3.8) is 0 Å². The Labute approximate surface area is 402 Å². The Hall–Kier alpha value is -6.24. The molecule has 346 valence electrons. The van der Waals surface area contributed by atoms with E-state index in [2.05, 4.69) is 25.9 Å². The number of nitrogens with one attached hydrogen (secondary N) is 3. The second-order valence-corrected chi connectivity index (χ2v) is 20.4. The van der Waals surface area contributed by atoms with Gasteiger partial charge in [-0.25, -0.2) is 15.0 Å². The van der Waals surface area contributed by atoms with Gasteiger partial charge in [0.25, 0.3) is 0 Å². The monoisotopic (exact) mass is 957 g/mol. The smallest absolute Gasteiger partial charge is 0.240 e. The lowest BCUT2D eigenvalue weighted by atomic mass is 10.0. The highest BCUT2D eigenvalue weighted by Gasteiger charge is 2.37. The SMILES string of the molecule is CC(CCc1cnc2c(c1)N(C)C(=O)C(CC(=O)NCc1ccccc1)S2)NC(=O)CC1Sc2nc(-c3cccc(C(C)NC(=O)CC4Sc5ncccc5N(C)C4=O)c3)ccc2N(C)C1=O. The summed E-state index contributed by atoms with van der Waals surface area (Å²) < 4.78 is 0. The fraction of sp³-hybridized carbons (Fsp3) is 0.327. The van der Waals surface area contributed by atoms with E-state index in [9.17, 15) is 28.8 Å². The predicted molar refractivity (Wildman–Crippen MR) is 262 cm³/mol. The van der Waals surface area contributed by atoms with Crippen LogP contribution in [0, 0.1) is 0 Å². The van der Waals surface area contributed by atoms with E-state index in [-0.39, 0.29) is 66.8 Å². The fourth-order valence-electron chi connectivity index (χ4n) is 8.07.